The highest BCUT2D eigenvalue weighted by atomic mass is 16.5. The van der Waals surface area contributed by atoms with Crippen LogP contribution in [-0.4, -0.2) is 30.3 Å². The molecule has 0 unspecified atom stereocenters. The van der Waals surface area contributed by atoms with E-state index in [-0.39, 0.29) is 12.7 Å². The Labute approximate surface area is 108 Å². The zero-order valence-electron chi connectivity index (χ0n) is 10.9. The van der Waals surface area contributed by atoms with Crippen molar-refractivity contribution >= 4 is 11.6 Å². The van der Waals surface area contributed by atoms with Crippen LogP contribution in [0.2, 0.25) is 0 Å². The second kappa shape index (κ2) is 7.55. The monoisotopic (exact) mass is 251 g/mol. The molecule has 0 spiro atoms. The fourth-order valence-electron chi connectivity index (χ4n) is 1.35. The van der Waals surface area contributed by atoms with E-state index in [1.165, 1.54) is 0 Å². The Balaban J connectivity index is 2.50. The van der Waals surface area contributed by atoms with Crippen molar-refractivity contribution < 1.29 is 9.84 Å². The van der Waals surface area contributed by atoms with Crippen molar-refractivity contribution in [2.45, 2.75) is 26.4 Å². The minimum absolute atomic E-state index is 0.123. The SMILES string of the molecule is CC(C)Oc1ccc(NC(N)=NCCCO)cc1. The van der Waals surface area contributed by atoms with Crippen LogP contribution in [0.3, 0.4) is 0 Å². The minimum atomic E-state index is 0.123. The lowest BCUT2D eigenvalue weighted by Crippen LogP contribution is -2.22. The van der Waals surface area contributed by atoms with Crippen molar-refractivity contribution in [1.29, 1.82) is 0 Å². The summed E-state index contributed by atoms with van der Waals surface area (Å²) in [6.45, 7) is 4.61. The van der Waals surface area contributed by atoms with E-state index in [4.69, 9.17) is 15.6 Å². The maximum absolute atomic E-state index is 8.63. The molecule has 4 N–H and O–H groups in total. The molecule has 0 saturated heterocycles. The Morgan fingerprint density at radius 2 is 2.06 bits per heavy atom. The third-order valence-corrected chi connectivity index (χ3v) is 2.10. The Hall–Kier alpha value is -1.75. The number of nitrogens with two attached hydrogens (primary N) is 1. The molecule has 0 heterocycles. The zero-order chi connectivity index (χ0) is 13.4. The lowest BCUT2D eigenvalue weighted by molar-refractivity contribution is 0.242. The van der Waals surface area contributed by atoms with E-state index in [1.807, 2.05) is 38.1 Å². The standard InChI is InChI=1S/C13H21N3O2/c1-10(2)18-12-6-4-11(5-7-12)16-13(14)15-8-3-9-17/h4-7,10,17H,3,8-9H2,1-2H3,(H3,14,15,16). The van der Waals surface area contributed by atoms with Gasteiger partial charge in [-0.3, -0.25) is 4.99 Å². The van der Waals surface area contributed by atoms with Crippen LogP contribution in [0.15, 0.2) is 29.3 Å². The molecule has 5 heteroatoms. The fourth-order valence-corrected chi connectivity index (χ4v) is 1.35. The lowest BCUT2D eigenvalue weighted by Gasteiger charge is -2.10. The molecule has 18 heavy (non-hydrogen) atoms. The Kier molecular flexibility index (Phi) is 6.00. The summed E-state index contributed by atoms with van der Waals surface area (Å²) in [4.78, 5) is 4.07. The van der Waals surface area contributed by atoms with Crippen LogP contribution in [0.25, 0.3) is 0 Å². The first-order valence-electron chi connectivity index (χ1n) is 6.06. The number of aliphatic hydroxyl groups is 1. The maximum Gasteiger partial charge on any atom is 0.193 e. The van der Waals surface area contributed by atoms with Gasteiger partial charge in [0.1, 0.15) is 5.75 Å². The maximum atomic E-state index is 8.63. The predicted octanol–water partition coefficient (Wildman–Crippen LogP) is 1.58. The minimum Gasteiger partial charge on any atom is -0.491 e. The molecule has 0 saturated carbocycles. The van der Waals surface area contributed by atoms with E-state index in [0.29, 0.717) is 18.9 Å². The topological polar surface area (TPSA) is 79.9 Å². The highest BCUT2D eigenvalue weighted by Gasteiger charge is 1.98. The molecule has 0 aliphatic carbocycles. The highest BCUT2D eigenvalue weighted by Crippen LogP contribution is 2.16. The molecule has 1 rings (SSSR count). The number of ether oxygens (including phenoxy) is 1. The molecule has 100 valence electrons. The number of guanidine groups is 1. The van der Waals surface area contributed by atoms with Crippen LogP contribution < -0.4 is 15.8 Å². The van der Waals surface area contributed by atoms with Crippen LogP contribution in [0.1, 0.15) is 20.3 Å². The van der Waals surface area contributed by atoms with E-state index >= 15 is 0 Å². The van der Waals surface area contributed by atoms with Gasteiger partial charge in [0.05, 0.1) is 6.10 Å². The number of nitrogens with one attached hydrogen (secondary N) is 1. The average molecular weight is 251 g/mol. The molecule has 0 aromatic heterocycles. The summed E-state index contributed by atoms with van der Waals surface area (Å²) >= 11 is 0. The van der Waals surface area contributed by atoms with Gasteiger partial charge in [-0.25, -0.2) is 0 Å². The lowest BCUT2D eigenvalue weighted by atomic mass is 10.3. The number of nitrogens with zero attached hydrogens (tertiary/aromatic N) is 1. The molecule has 0 fully saturated rings. The van der Waals surface area contributed by atoms with E-state index in [0.717, 1.165) is 11.4 Å². The first kappa shape index (κ1) is 14.3. The van der Waals surface area contributed by atoms with Gasteiger partial charge in [-0.15, -0.1) is 0 Å². The van der Waals surface area contributed by atoms with E-state index in [2.05, 4.69) is 10.3 Å². The molecule has 5 nitrogen and oxygen atoms in total. The van der Waals surface area contributed by atoms with Crippen LogP contribution in [0.4, 0.5) is 5.69 Å². The van der Waals surface area contributed by atoms with Crippen LogP contribution in [0.5, 0.6) is 5.75 Å². The summed E-state index contributed by atoms with van der Waals surface area (Å²) in [7, 11) is 0. The summed E-state index contributed by atoms with van der Waals surface area (Å²) in [6, 6.07) is 7.52. The van der Waals surface area contributed by atoms with Crippen molar-refractivity contribution in [1.82, 2.24) is 0 Å². The van der Waals surface area contributed by atoms with Crippen LogP contribution >= 0.6 is 0 Å². The first-order valence-corrected chi connectivity index (χ1v) is 6.06. The Morgan fingerprint density at radius 1 is 1.39 bits per heavy atom. The summed E-state index contributed by atoms with van der Waals surface area (Å²) in [5.74, 6) is 1.17. The summed E-state index contributed by atoms with van der Waals surface area (Å²) in [5, 5.41) is 11.6. The van der Waals surface area contributed by atoms with Gasteiger partial charge in [0.15, 0.2) is 5.96 Å². The number of aliphatic hydroxyl groups excluding tert-OH is 1. The molecular formula is C13H21N3O2. The summed E-state index contributed by atoms with van der Waals surface area (Å²) < 4.78 is 5.54. The number of hydrogen-bond donors (Lipinski definition) is 3. The second-order valence-corrected chi connectivity index (χ2v) is 4.16. The number of aliphatic imine (C=N–C) groups is 1. The average Bonchev–Trinajstić information content (AvgIpc) is 2.31. The fraction of sp³-hybridized carbons (Fsp3) is 0.462. The van der Waals surface area contributed by atoms with Gasteiger partial charge in [-0.2, -0.15) is 0 Å². The molecule has 0 amide bonds. The molecule has 0 aliphatic rings. The van der Waals surface area contributed by atoms with Gasteiger partial charge in [0.2, 0.25) is 0 Å². The predicted molar refractivity (Wildman–Crippen MR) is 74.0 cm³/mol. The van der Waals surface area contributed by atoms with E-state index in [9.17, 15) is 0 Å². The molecule has 0 radical (unpaired) electrons. The molecule has 0 bridgehead atoms. The number of anilines is 1. The smallest absolute Gasteiger partial charge is 0.193 e. The van der Waals surface area contributed by atoms with Gasteiger partial charge < -0.3 is 20.9 Å². The normalized spacial score (nSPS) is 11.7. The van der Waals surface area contributed by atoms with E-state index < -0.39 is 0 Å². The Morgan fingerprint density at radius 3 is 2.61 bits per heavy atom. The third kappa shape index (κ3) is 5.54. The molecule has 1 aromatic carbocycles. The second-order valence-electron chi connectivity index (χ2n) is 4.16. The summed E-state index contributed by atoms with van der Waals surface area (Å²) in [6.07, 6.45) is 0.776. The third-order valence-electron chi connectivity index (χ3n) is 2.10. The zero-order valence-corrected chi connectivity index (χ0v) is 10.9. The first-order chi connectivity index (χ1) is 8.61. The van der Waals surface area contributed by atoms with Crippen molar-refractivity contribution in [2.75, 3.05) is 18.5 Å². The molecule has 1 aromatic rings. The number of rotatable bonds is 6. The summed E-state index contributed by atoms with van der Waals surface area (Å²) in [5.41, 5.74) is 6.55. The van der Waals surface area contributed by atoms with Crippen LogP contribution in [0, 0.1) is 0 Å². The van der Waals surface area contributed by atoms with Gasteiger partial charge in [0.25, 0.3) is 0 Å². The van der Waals surface area contributed by atoms with Gasteiger partial charge in [0, 0.05) is 18.8 Å². The van der Waals surface area contributed by atoms with Crippen molar-refractivity contribution in [2.24, 2.45) is 10.7 Å². The number of hydrogen-bond acceptors (Lipinski definition) is 3. The number of benzene rings is 1. The van der Waals surface area contributed by atoms with Crippen molar-refractivity contribution in [3.63, 3.8) is 0 Å². The molecule has 0 atom stereocenters. The van der Waals surface area contributed by atoms with Gasteiger partial charge in [-0.1, -0.05) is 0 Å². The quantitative estimate of drug-likeness (QED) is 0.407. The largest absolute Gasteiger partial charge is 0.491 e. The van der Waals surface area contributed by atoms with Gasteiger partial charge in [-0.05, 0) is 44.5 Å². The Bertz CT molecular complexity index is 374. The van der Waals surface area contributed by atoms with Gasteiger partial charge >= 0.3 is 0 Å². The van der Waals surface area contributed by atoms with Crippen molar-refractivity contribution in [3.05, 3.63) is 24.3 Å². The molecule has 0 aliphatic heterocycles. The van der Waals surface area contributed by atoms with E-state index in [1.54, 1.807) is 0 Å². The highest BCUT2D eigenvalue weighted by molar-refractivity contribution is 5.92. The van der Waals surface area contributed by atoms with Crippen LogP contribution in [-0.2, 0) is 0 Å². The van der Waals surface area contributed by atoms with Crippen molar-refractivity contribution in [3.8, 4) is 5.75 Å². The molecular weight excluding hydrogens is 230 g/mol.